The van der Waals surface area contributed by atoms with Crippen molar-refractivity contribution in [1.82, 2.24) is 5.32 Å². The average Bonchev–Trinajstić information content (AvgIpc) is 2.30. The van der Waals surface area contributed by atoms with E-state index in [0.29, 0.717) is 25.4 Å². The molecule has 0 saturated carbocycles. The van der Waals surface area contributed by atoms with Crippen molar-refractivity contribution in [2.24, 2.45) is 0 Å². The number of benzene rings is 1. The maximum Gasteiger partial charge on any atom is 0.128 e. The summed E-state index contributed by atoms with van der Waals surface area (Å²) < 4.78 is 23.4. The highest BCUT2D eigenvalue weighted by Crippen LogP contribution is 2.06. The summed E-state index contributed by atoms with van der Waals surface area (Å²) in [6.45, 7) is 3.13. The fourth-order valence-corrected chi connectivity index (χ4v) is 1.24. The van der Waals surface area contributed by atoms with E-state index in [-0.39, 0.29) is 5.82 Å². The predicted molar refractivity (Wildman–Crippen MR) is 60.8 cm³/mol. The van der Waals surface area contributed by atoms with Crippen LogP contribution in [0.4, 0.5) is 4.39 Å². The Labute approximate surface area is 95.6 Å². The van der Waals surface area contributed by atoms with Crippen LogP contribution in [0.15, 0.2) is 24.3 Å². The predicted octanol–water partition coefficient (Wildman–Crippen LogP) is 1.58. The first-order chi connectivity index (χ1) is 7.84. The Morgan fingerprint density at radius 3 is 2.69 bits per heavy atom. The van der Waals surface area contributed by atoms with Crippen LogP contribution < -0.4 is 5.32 Å². The van der Waals surface area contributed by atoms with E-state index in [2.05, 4.69) is 5.32 Å². The van der Waals surface area contributed by atoms with Gasteiger partial charge in [0.25, 0.3) is 0 Å². The van der Waals surface area contributed by atoms with E-state index in [4.69, 9.17) is 9.47 Å². The summed E-state index contributed by atoms with van der Waals surface area (Å²) in [5.74, 6) is -0.213. The van der Waals surface area contributed by atoms with Crippen LogP contribution in [0.5, 0.6) is 0 Å². The van der Waals surface area contributed by atoms with Crippen molar-refractivity contribution in [2.75, 3.05) is 33.4 Å². The smallest absolute Gasteiger partial charge is 0.128 e. The molecule has 0 atom stereocenters. The molecule has 16 heavy (non-hydrogen) atoms. The topological polar surface area (TPSA) is 30.5 Å². The molecule has 0 fully saturated rings. The molecule has 0 aliphatic rings. The molecule has 0 aromatic heterocycles. The Balaban J connectivity index is 2.05. The molecule has 1 aromatic rings. The summed E-state index contributed by atoms with van der Waals surface area (Å²) in [7, 11) is 1.66. The van der Waals surface area contributed by atoms with Gasteiger partial charge in [-0.1, -0.05) is 18.2 Å². The van der Waals surface area contributed by atoms with Crippen molar-refractivity contribution < 1.29 is 13.9 Å². The minimum absolute atomic E-state index is 0.213. The van der Waals surface area contributed by atoms with Gasteiger partial charge >= 0.3 is 0 Å². The number of ether oxygens (including phenoxy) is 2. The minimum atomic E-state index is -0.213. The summed E-state index contributed by atoms with van der Waals surface area (Å²) in [5, 5.41) is 3.14. The van der Waals surface area contributed by atoms with Crippen LogP contribution in [-0.2, 0) is 16.1 Å². The van der Waals surface area contributed by atoms with Gasteiger partial charge in [-0.2, -0.15) is 0 Å². The Kier molecular flexibility index (Phi) is 6.72. The maximum absolute atomic E-state index is 13.2. The molecule has 1 aromatic carbocycles. The maximum atomic E-state index is 13.2. The van der Waals surface area contributed by atoms with Crippen LogP contribution in [0.3, 0.4) is 0 Å². The van der Waals surface area contributed by atoms with Gasteiger partial charge in [0.15, 0.2) is 0 Å². The molecule has 0 radical (unpaired) electrons. The molecule has 0 aliphatic carbocycles. The van der Waals surface area contributed by atoms with Crippen molar-refractivity contribution >= 4 is 0 Å². The second-order valence-electron chi connectivity index (χ2n) is 3.39. The summed E-state index contributed by atoms with van der Waals surface area (Å²) in [6, 6.07) is 6.65. The van der Waals surface area contributed by atoms with Gasteiger partial charge in [0.1, 0.15) is 5.82 Å². The zero-order chi connectivity index (χ0) is 11.6. The lowest BCUT2D eigenvalue weighted by molar-refractivity contribution is 0.118. The van der Waals surface area contributed by atoms with Crippen LogP contribution in [0, 0.1) is 5.82 Å². The Morgan fingerprint density at radius 1 is 1.19 bits per heavy atom. The van der Waals surface area contributed by atoms with Crippen molar-refractivity contribution in [3.8, 4) is 0 Å². The number of hydrogen-bond donors (Lipinski definition) is 1. The lowest BCUT2D eigenvalue weighted by Crippen LogP contribution is -2.23. The molecule has 90 valence electrons. The highest BCUT2D eigenvalue weighted by atomic mass is 19.1. The van der Waals surface area contributed by atoms with Crippen LogP contribution in [0.2, 0.25) is 0 Å². The van der Waals surface area contributed by atoms with E-state index < -0.39 is 0 Å². The average molecular weight is 227 g/mol. The van der Waals surface area contributed by atoms with Crippen LogP contribution in [0.25, 0.3) is 0 Å². The van der Waals surface area contributed by atoms with Gasteiger partial charge in [0.05, 0.1) is 19.8 Å². The molecule has 0 saturated heterocycles. The normalized spacial score (nSPS) is 10.6. The quantitative estimate of drug-likeness (QED) is 0.684. The highest BCUT2D eigenvalue weighted by Gasteiger charge is 1.99. The molecule has 0 amide bonds. The van der Waals surface area contributed by atoms with Gasteiger partial charge in [0.2, 0.25) is 0 Å². The van der Waals surface area contributed by atoms with Gasteiger partial charge in [-0.25, -0.2) is 4.39 Å². The minimum Gasteiger partial charge on any atom is -0.383 e. The van der Waals surface area contributed by atoms with Crippen molar-refractivity contribution in [2.45, 2.75) is 6.61 Å². The van der Waals surface area contributed by atoms with Crippen LogP contribution in [0.1, 0.15) is 5.56 Å². The standard InChI is InChI=1S/C12H18FNO2/c1-15-8-6-14-7-9-16-10-11-4-2-3-5-12(11)13/h2-5,14H,6-10H2,1H3. The monoisotopic (exact) mass is 227 g/mol. The second kappa shape index (κ2) is 8.21. The van der Waals surface area contributed by atoms with E-state index >= 15 is 0 Å². The van der Waals surface area contributed by atoms with E-state index in [1.54, 1.807) is 25.3 Å². The van der Waals surface area contributed by atoms with E-state index in [1.165, 1.54) is 6.07 Å². The molecule has 1 rings (SSSR count). The molecule has 3 nitrogen and oxygen atoms in total. The largest absolute Gasteiger partial charge is 0.383 e. The molecule has 4 heteroatoms. The molecule has 1 N–H and O–H groups in total. The summed E-state index contributed by atoms with van der Waals surface area (Å²) in [6.07, 6.45) is 0. The Hall–Kier alpha value is -0.970. The second-order valence-corrected chi connectivity index (χ2v) is 3.39. The van der Waals surface area contributed by atoms with Crippen LogP contribution >= 0.6 is 0 Å². The third kappa shape index (κ3) is 5.21. The molecule has 0 spiro atoms. The first-order valence-electron chi connectivity index (χ1n) is 5.35. The van der Waals surface area contributed by atoms with Gasteiger partial charge < -0.3 is 14.8 Å². The van der Waals surface area contributed by atoms with E-state index in [1.807, 2.05) is 0 Å². The number of halogens is 1. The van der Waals surface area contributed by atoms with Crippen molar-refractivity contribution in [3.63, 3.8) is 0 Å². The zero-order valence-corrected chi connectivity index (χ0v) is 9.54. The summed E-state index contributed by atoms with van der Waals surface area (Å²) in [5.41, 5.74) is 0.597. The van der Waals surface area contributed by atoms with Gasteiger partial charge in [-0.05, 0) is 6.07 Å². The molecule has 0 unspecified atom stereocenters. The number of rotatable bonds is 8. The van der Waals surface area contributed by atoms with Crippen molar-refractivity contribution in [3.05, 3.63) is 35.6 Å². The third-order valence-electron chi connectivity index (χ3n) is 2.12. The fourth-order valence-electron chi connectivity index (χ4n) is 1.24. The first kappa shape index (κ1) is 13.1. The van der Waals surface area contributed by atoms with Gasteiger partial charge in [-0.15, -0.1) is 0 Å². The Morgan fingerprint density at radius 2 is 1.94 bits per heavy atom. The van der Waals surface area contributed by atoms with E-state index in [0.717, 1.165) is 13.1 Å². The molecule has 0 heterocycles. The highest BCUT2D eigenvalue weighted by molar-refractivity contribution is 5.16. The van der Waals surface area contributed by atoms with E-state index in [9.17, 15) is 4.39 Å². The SMILES string of the molecule is COCCNCCOCc1ccccc1F. The van der Waals surface area contributed by atoms with Gasteiger partial charge in [-0.3, -0.25) is 0 Å². The third-order valence-corrected chi connectivity index (χ3v) is 2.12. The lowest BCUT2D eigenvalue weighted by Gasteiger charge is -2.06. The number of methoxy groups -OCH3 is 1. The molecular weight excluding hydrogens is 209 g/mol. The number of nitrogens with one attached hydrogen (secondary N) is 1. The van der Waals surface area contributed by atoms with Crippen LogP contribution in [-0.4, -0.2) is 33.4 Å². The number of hydrogen-bond acceptors (Lipinski definition) is 3. The lowest BCUT2D eigenvalue weighted by atomic mass is 10.2. The zero-order valence-electron chi connectivity index (χ0n) is 9.54. The molecule has 0 bridgehead atoms. The molecular formula is C12H18FNO2. The summed E-state index contributed by atoms with van der Waals surface area (Å²) >= 11 is 0. The molecule has 0 aliphatic heterocycles. The Bertz CT molecular complexity index is 294. The van der Waals surface area contributed by atoms with Crippen molar-refractivity contribution in [1.29, 1.82) is 0 Å². The summed E-state index contributed by atoms with van der Waals surface area (Å²) in [4.78, 5) is 0. The fraction of sp³-hybridized carbons (Fsp3) is 0.500. The first-order valence-corrected chi connectivity index (χ1v) is 5.35. The van der Waals surface area contributed by atoms with Gasteiger partial charge in [0, 0.05) is 25.8 Å².